The Morgan fingerprint density at radius 2 is 1.90 bits per heavy atom. The van der Waals surface area contributed by atoms with Crippen LogP contribution in [0.3, 0.4) is 0 Å². The van der Waals surface area contributed by atoms with Crippen molar-refractivity contribution in [2.75, 3.05) is 5.32 Å². The highest BCUT2D eigenvalue weighted by Crippen LogP contribution is 2.43. The fourth-order valence-corrected chi connectivity index (χ4v) is 4.61. The van der Waals surface area contributed by atoms with E-state index in [1.54, 1.807) is 11.4 Å². The van der Waals surface area contributed by atoms with Gasteiger partial charge in [0.15, 0.2) is 0 Å². The van der Waals surface area contributed by atoms with Gasteiger partial charge in [0.1, 0.15) is 4.88 Å². The Balaban J connectivity index is 1.63. The van der Waals surface area contributed by atoms with Crippen LogP contribution in [0.15, 0.2) is 11.4 Å². The lowest BCUT2D eigenvalue weighted by atomic mass is 9.67. The molecule has 5 heteroatoms. The van der Waals surface area contributed by atoms with E-state index in [0.29, 0.717) is 11.6 Å². The van der Waals surface area contributed by atoms with Crippen molar-refractivity contribution in [2.45, 2.75) is 44.9 Å². The lowest BCUT2D eigenvalue weighted by Gasteiger charge is -2.38. The minimum absolute atomic E-state index is 0.0000709. The number of carboxylic acid groups (broad SMARTS) is 1. The molecule has 2 fully saturated rings. The lowest BCUT2D eigenvalue weighted by molar-refractivity contribution is -0.122. The molecule has 1 amide bonds. The Bertz CT molecular complexity index is 539. The fraction of sp³-hybridized carbons (Fsp3) is 0.625. The van der Waals surface area contributed by atoms with Crippen LogP contribution in [0.4, 0.5) is 5.69 Å². The molecule has 0 spiro atoms. The summed E-state index contributed by atoms with van der Waals surface area (Å²) in [6.07, 6.45) is 8.29. The maximum atomic E-state index is 12.4. The summed E-state index contributed by atoms with van der Waals surface area (Å²) in [6.45, 7) is 0. The van der Waals surface area contributed by atoms with Gasteiger partial charge >= 0.3 is 5.97 Å². The summed E-state index contributed by atoms with van der Waals surface area (Å²) in [5, 5.41) is 13.6. The summed E-state index contributed by atoms with van der Waals surface area (Å²) < 4.78 is 0. The number of nitrogens with one attached hydrogen (secondary N) is 1. The summed E-state index contributed by atoms with van der Waals surface area (Å²) in [5.74, 6) is 0.588. The lowest BCUT2D eigenvalue weighted by Crippen LogP contribution is -2.34. The number of carbonyl (C=O) groups is 2. The van der Waals surface area contributed by atoms with Gasteiger partial charge in [-0.05, 0) is 42.5 Å². The minimum Gasteiger partial charge on any atom is -0.477 e. The second-order valence-corrected chi connectivity index (χ2v) is 7.19. The fourth-order valence-electron chi connectivity index (χ4n) is 3.92. The van der Waals surface area contributed by atoms with Crippen LogP contribution >= 0.6 is 11.3 Å². The van der Waals surface area contributed by atoms with Gasteiger partial charge in [-0.2, -0.15) is 0 Å². The standard InChI is InChI=1S/C16H21NO3S/c18-15(17-13-7-8-21-14(13)16(19)20)12-6-5-10-3-1-2-4-11(10)9-12/h7-8,10-12H,1-6,9H2,(H,17,18)(H,19,20). The molecule has 1 heterocycles. The number of aromatic carboxylic acids is 1. The molecule has 2 aliphatic carbocycles. The number of amides is 1. The van der Waals surface area contributed by atoms with E-state index in [9.17, 15) is 9.59 Å². The molecular formula is C16H21NO3S. The van der Waals surface area contributed by atoms with Crippen molar-refractivity contribution in [1.29, 1.82) is 0 Å². The maximum Gasteiger partial charge on any atom is 0.348 e. The molecule has 2 saturated carbocycles. The summed E-state index contributed by atoms with van der Waals surface area (Å²) in [6, 6.07) is 1.68. The Kier molecular flexibility index (Phi) is 4.29. The van der Waals surface area contributed by atoms with E-state index < -0.39 is 5.97 Å². The molecule has 0 aromatic carbocycles. The number of hydrogen-bond donors (Lipinski definition) is 2. The van der Waals surface area contributed by atoms with Gasteiger partial charge in [0, 0.05) is 5.92 Å². The zero-order chi connectivity index (χ0) is 14.8. The molecule has 3 unspecified atom stereocenters. The first-order chi connectivity index (χ1) is 10.1. The average molecular weight is 307 g/mol. The van der Waals surface area contributed by atoms with Crippen molar-refractivity contribution in [3.05, 3.63) is 16.3 Å². The summed E-state index contributed by atoms with van der Waals surface area (Å²) in [7, 11) is 0. The number of carbonyl (C=O) groups excluding carboxylic acids is 1. The Hall–Kier alpha value is -1.36. The molecule has 2 N–H and O–H groups in total. The van der Waals surface area contributed by atoms with Crippen LogP contribution in [0.25, 0.3) is 0 Å². The van der Waals surface area contributed by atoms with Crippen LogP contribution in [0.1, 0.15) is 54.6 Å². The van der Waals surface area contributed by atoms with Crippen molar-refractivity contribution in [3.63, 3.8) is 0 Å². The first-order valence-corrected chi connectivity index (χ1v) is 8.64. The zero-order valence-corrected chi connectivity index (χ0v) is 12.8. The third-order valence-electron chi connectivity index (χ3n) is 5.03. The first-order valence-electron chi connectivity index (χ1n) is 7.77. The Morgan fingerprint density at radius 1 is 1.14 bits per heavy atom. The van der Waals surface area contributed by atoms with E-state index in [-0.39, 0.29) is 16.7 Å². The molecule has 2 aliphatic rings. The summed E-state index contributed by atoms with van der Waals surface area (Å²) in [4.78, 5) is 23.7. The predicted octanol–water partition coefficient (Wildman–Crippen LogP) is 3.99. The minimum atomic E-state index is -0.976. The highest BCUT2D eigenvalue weighted by Gasteiger charge is 2.35. The summed E-state index contributed by atoms with van der Waals surface area (Å²) in [5.41, 5.74) is 0.447. The molecule has 3 rings (SSSR count). The van der Waals surface area contributed by atoms with Crippen molar-refractivity contribution in [2.24, 2.45) is 17.8 Å². The zero-order valence-electron chi connectivity index (χ0n) is 12.0. The number of rotatable bonds is 3. The largest absolute Gasteiger partial charge is 0.477 e. The average Bonchev–Trinajstić information content (AvgIpc) is 2.95. The van der Waals surface area contributed by atoms with Gasteiger partial charge < -0.3 is 10.4 Å². The van der Waals surface area contributed by atoms with Crippen molar-refractivity contribution in [1.82, 2.24) is 0 Å². The molecule has 3 atom stereocenters. The van der Waals surface area contributed by atoms with Gasteiger partial charge in [-0.1, -0.05) is 25.7 Å². The number of thiophene rings is 1. The monoisotopic (exact) mass is 307 g/mol. The van der Waals surface area contributed by atoms with Gasteiger partial charge in [0.25, 0.3) is 0 Å². The number of fused-ring (bicyclic) bond motifs is 1. The molecule has 0 bridgehead atoms. The maximum absolute atomic E-state index is 12.4. The van der Waals surface area contributed by atoms with Crippen LogP contribution in [0, 0.1) is 17.8 Å². The van der Waals surface area contributed by atoms with Crippen molar-refractivity contribution >= 4 is 28.9 Å². The van der Waals surface area contributed by atoms with E-state index in [2.05, 4.69) is 5.32 Å². The van der Waals surface area contributed by atoms with E-state index in [4.69, 9.17) is 5.11 Å². The van der Waals surface area contributed by atoms with E-state index in [1.165, 1.54) is 25.7 Å². The Labute approximate surface area is 128 Å². The highest BCUT2D eigenvalue weighted by atomic mass is 32.1. The van der Waals surface area contributed by atoms with Crippen LogP contribution < -0.4 is 5.32 Å². The predicted molar refractivity (Wildman–Crippen MR) is 82.7 cm³/mol. The number of carboxylic acids is 1. The normalized spacial score (nSPS) is 28.7. The van der Waals surface area contributed by atoms with Crippen LogP contribution in [0.5, 0.6) is 0 Å². The quantitative estimate of drug-likeness (QED) is 0.887. The third kappa shape index (κ3) is 3.12. The number of hydrogen-bond acceptors (Lipinski definition) is 3. The molecule has 4 nitrogen and oxygen atoms in total. The molecule has 1 aromatic rings. The second kappa shape index (κ2) is 6.18. The van der Waals surface area contributed by atoms with Crippen LogP contribution in [-0.4, -0.2) is 17.0 Å². The van der Waals surface area contributed by atoms with E-state index in [1.807, 2.05) is 0 Å². The smallest absolute Gasteiger partial charge is 0.348 e. The van der Waals surface area contributed by atoms with Crippen molar-refractivity contribution in [3.8, 4) is 0 Å². The van der Waals surface area contributed by atoms with Gasteiger partial charge in [-0.15, -0.1) is 11.3 Å². The molecule has 21 heavy (non-hydrogen) atoms. The molecular weight excluding hydrogens is 286 g/mol. The Morgan fingerprint density at radius 3 is 2.67 bits per heavy atom. The van der Waals surface area contributed by atoms with Gasteiger partial charge in [-0.3, -0.25) is 4.79 Å². The second-order valence-electron chi connectivity index (χ2n) is 6.27. The molecule has 114 valence electrons. The van der Waals surface area contributed by atoms with E-state index >= 15 is 0 Å². The molecule has 0 aliphatic heterocycles. The first kappa shape index (κ1) is 14.6. The highest BCUT2D eigenvalue weighted by molar-refractivity contribution is 7.12. The van der Waals surface area contributed by atoms with Gasteiger partial charge in [0.05, 0.1) is 5.69 Å². The van der Waals surface area contributed by atoms with E-state index in [0.717, 1.165) is 36.5 Å². The van der Waals surface area contributed by atoms with Gasteiger partial charge in [-0.25, -0.2) is 4.79 Å². The molecule has 0 saturated heterocycles. The van der Waals surface area contributed by atoms with Crippen molar-refractivity contribution < 1.29 is 14.7 Å². The molecule has 0 radical (unpaired) electrons. The summed E-state index contributed by atoms with van der Waals surface area (Å²) >= 11 is 1.15. The molecule has 1 aromatic heterocycles. The third-order valence-corrected chi connectivity index (χ3v) is 5.93. The number of anilines is 1. The topological polar surface area (TPSA) is 66.4 Å². The van der Waals surface area contributed by atoms with Crippen LogP contribution in [-0.2, 0) is 4.79 Å². The van der Waals surface area contributed by atoms with Crippen LogP contribution in [0.2, 0.25) is 0 Å². The SMILES string of the molecule is O=C(O)c1sccc1NC(=O)C1CCC2CCCCC2C1. The van der Waals surface area contributed by atoms with Gasteiger partial charge in [0.2, 0.25) is 5.91 Å².